The molecule has 2 fully saturated rings. The van der Waals surface area contributed by atoms with E-state index in [-0.39, 0.29) is 6.54 Å². The number of morpholine rings is 1. The number of cyclic esters (lactones) is 1. The lowest BCUT2D eigenvalue weighted by atomic mass is 10.1. The fraction of sp³-hybridized carbons (Fsp3) is 0.244. The average molecular weight is 667 g/mol. The zero-order valence-corrected chi connectivity index (χ0v) is 27.7. The summed E-state index contributed by atoms with van der Waals surface area (Å²) in [6.07, 6.45) is 0.590. The van der Waals surface area contributed by atoms with Crippen LogP contribution in [0.1, 0.15) is 45.2 Å². The fourth-order valence-electron chi connectivity index (χ4n) is 5.84. The van der Waals surface area contributed by atoms with E-state index in [1.165, 1.54) is 11.9 Å². The number of hydrogen-bond donors (Lipinski definition) is 0. The van der Waals surface area contributed by atoms with E-state index in [9.17, 15) is 4.79 Å². The van der Waals surface area contributed by atoms with Gasteiger partial charge >= 0.3 is 6.09 Å². The van der Waals surface area contributed by atoms with Crippen LogP contribution in [-0.2, 0) is 35.8 Å². The third-order valence-electron chi connectivity index (χ3n) is 8.61. The highest BCUT2D eigenvalue weighted by atomic mass is 16.6. The maximum absolute atomic E-state index is 13.1. The molecule has 7 rings (SSSR count). The smallest absolute Gasteiger partial charge is 0.410 e. The molecule has 9 nitrogen and oxygen atoms in total. The Morgan fingerprint density at radius 1 is 0.700 bits per heavy atom. The molecule has 1 aromatic heterocycles. The molecule has 4 aromatic carbocycles. The largest absolute Gasteiger partial charge is 0.482 e. The van der Waals surface area contributed by atoms with Crippen LogP contribution in [0, 0.1) is 11.8 Å². The van der Waals surface area contributed by atoms with Gasteiger partial charge in [0.1, 0.15) is 31.3 Å². The Kier molecular flexibility index (Phi) is 10.6. The fourth-order valence-corrected chi connectivity index (χ4v) is 5.84. The molecule has 252 valence electrons. The Morgan fingerprint density at radius 2 is 1.32 bits per heavy atom. The maximum atomic E-state index is 13.1. The Hall–Kier alpha value is -5.69. The molecule has 1 atom stereocenters. The van der Waals surface area contributed by atoms with Gasteiger partial charge in [-0.05, 0) is 46.5 Å². The second-order valence-corrected chi connectivity index (χ2v) is 12.2. The summed E-state index contributed by atoms with van der Waals surface area (Å²) in [4.78, 5) is 26.0. The highest BCUT2D eigenvalue weighted by Gasteiger charge is 2.33. The summed E-state index contributed by atoms with van der Waals surface area (Å²) in [6.45, 7) is 5.61. The third-order valence-corrected chi connectivity index (χ3v) is 8.61. The standard InChI is InChI=1S/C41H38N4O5/c46-41-45(26-37-39(48-28-34-7-3-1-4-8-34)40(43-30-42-37)49-29-35-9-5-2-6-10-35)27-38(50-41)36-19-17-32(18-20-36)12-11-31-13-15-33(16-14-31)25-44-21-23-47-24-22-44/h1-10,13-20,30,38H,21-29H2. The van der Waals surface area contributed by atoms with Crippen LogP contribution in [0.25, 0.3) is 0 Å². The molecule has 0 spiro atoms. The molecule has 9 heteroatoms. The molecular weight excluding hydrogens is 628 g/mol. The number of amides is 1. The second-order valence-electron chi connectivity index (χ2n) is 12.2. The summed E-state index contributed by atoms with van der Waals surface area (Å²) in [6, 6.07) is 35.9. The van der Waals surface area contributed by atoms with Crippen molar-refractivity contribution in [3.63, 3.8) is 0 Å². The molecule has 0 N–H and O–H groups in total. The lowest BCUT2D eigenvalue weighted by molar-refractivity contribution is 0.0342. The Bertz CT molecular complexity index is 1920. The van der Waals surface area contributed by atoms with E-state index >= 15 is 0 Å². The average Bonchev–Trinajstić information content (AvgIpc) is 3.54. The Labute approximate surface area is 292 Å². The first-order valence-electron chi connectivity index (χ1n) is 16.8. The zero-order valence-electron chi connectivity index (χ0n) is 27.7. The molecule has 2 saturated heterocycles. The highest BCUT2D eigenvalue weighted by Crippen LogP contribution is 2.33. The number of aromatic nitrogens is 2. The van der Waals surface area contributed by atoms with E-state index in [4.69, 9.17) is 18.9 Å². The molecule has 0 saturated carbocycles. The minimum Gasteiger partial charge on any atom is -0.482 e. The van der Waals surface area contributed by atoms with Crippen LogP contribution in [0.3, 0.4) is 0 Å². The number of rotatable bonds is 11. The van der Waals surface area contributed by atoms with Crippen molar-refractivity contribution in [2.75, 3.05) is 32.8 Å². The van der Waals surface area contributed by atoms with Gasteiger partial charge < -0.3 is 18.9 Å². The van der Waals surface area contributed by atoms with Crippen LogP contribution < -0.4 is 9.47 Å². The molecule has 2 aliphatic rings. The van der Waals surface area contributed by atoms with Crippen molar-refractivity contribution in [3.8, 4) is 23.5 Å². The first-order valence-corrected chi connectivity index (χ1v) is 16.8. The minimum atomic E-state index is -0.423. The Morgan fingerprint density at radius 3 is 1.98 bits per heavy atom. The summed E-state index contributed by atoms with van der Waals surface area (Å²) in [7, 11) is 0. The molecule has 50 heavy (non-hydrogen) atoms. The van der Waals surface area contributed by atoms with Crippen molar-refractivity contribution in [1.29, 1.82) is 0 Å². The summed E-state index contributed by atoms with van der Waals surface area (Å²) >= 11 is 0. The van der Waals surface area contributed by atoms with Crippen LogP contribution in [-0.4, -0.2) is 58.7 Å². The van der Waals surface area contributed by atoms with Gasteiger partial charge in [-0.3, -0.25) is 9.80 Å². The predicted octanol–water partition coefficient (Wildman–Crippen LogP) is 6.56. The lowest BCUT2D eigenvalue weighted by Gasteiger charge is -2.26. The molecule has 0 bridgehead atoms. The van der Waals surface area contributed by atoms with E-state index in [0.29, 0.717) is 37.1 Å². The van der Waals surface area contributed by atoms with Gasteiger partial charge in [0, 0.05) is 30.8 Å². The molecule has 2 aliphatic heterocycles. The second kappa shape index (κ2) is 16.1. The van der Waals surface area contributed by atoms with Crippen LogP contribution in [0.5, 0.6) is 11.6 Å². The van der Waals surface area contributed by atoms with Gasteiger partial charge in [-0.15, -0.1) is 0 Å². The first kappa shape index (κ1) is 32.8. The van der Waals surface area contributed by atoms with Crippen LogP contribution >= 0.6 is 0 Å². The van der Waals surface area contributed by atoms with Gasteiger partial charge in [-0.2, -0.15) is 4.98 Å². The van der Waals surface area contributed by atoms with E-state index in [2.05, 4.69) is 51.0 Å². The van der Waals surface area contributed by atoms with Crippen molar-refractivity contribution in [1.82, 2.24) is 19.8 Å². The summed E-state index contributed by atoms with van der Waals surface area (Å²) in [5.74, 6) is 7.23. The monoisotopic (exact) mass is 666 g/mol. The van der Waals surface area contributed by atoms with Crippen LogP contribution in [0.2, 0.25) is 0 Å². The first-order chi connectivity index (χ1) is 24.7. The van der Waals surface area contributed by atoms with Crippen molar-refractivity contribution >= 4 is 6.09 Å². The molecule has 1 amide bonds. The maximum Gasteiger partial charge on any atom is 0.410 e. The SMILES string of the molecule is O=C1OC(c2ccc(C#Cc3ccc(CN4CCOCC4)cc3)cc2)CN1Cc1ncnc(OCc2ccccc2)c1OCc1ccccc1. The van der Waals surface area contributed by atoms with E-state index in [0.717, 1.165) is 60.7 Å². The molecule has 5 aromatic rings. The van der Waals surface area contributed by atoms with E-state index in [1.54, 1.807) is 4.90 Å². The van der Waals surface area contributed by atoms with Gasteiger partial charge in [0.2, 0.25) is 5.75 Å². The highest BCUT2D eigenvalue weighted by molar-refractivity contribution is 5.70. The summed E-state index contributed by atoms with van der Waals surface area (Å²) in [5.41, 5.74) is 6.54. The van der Waals surface area contributed by atoms with Gasteiger partial charge in [-0.1, -0.05) is 96.8 Å². The topological polar surface area (TPSA) is 86.2 Å². The number of hydrogen-bond acceptors (Lipinski definition) is 8. The van der Waals surface area contributed by atoms with Gasteiger partial charge in [-0.25, -0.2) is 9.78 Å². The normalized spacial score (nSPS) is 16.0. The number of benzene rings is 4. The summed E-state index contributed by atoms with van der Waals surface area (Å²) in [5, 5.41) is 0. The van der Waals surface area contributed by atoms with Gasteiger partial charge in [0.05, 0.1) is 26.3 Å². The van der Waals surface area contributed by atoms with Crippen molar-refractivity contribution in [2.45, 2.75) is 32.4 Å². The van der Waals surface area contributed by atoms with Crippen LogP contribution in [0.4, 0.5) is 4.79 Å². The van der Waals surface area contributed by atoms with E-state index < -0.39 is 12.2 Å². The van der Waals surface area contributed by atoms with Crippen molar-refractivity contribution in [2.24, 2.45) is 0 Å². The quantitative estimate of drug-likeness (QED) is 0.147. The third kappa shape index (κ3) is 8.66. The Balaban J connectivity index is 0.994. The van der Waals surface area contributed by atoms with Gasteiger partial charge in [0.15, 0.2) is 0 Å². The molecule has 3 heterocycles. The predicted molar refractivity (Wildman–Crippen MR) is 188 cm³/mol. The summed E-state index contributed by atoms with van der Waals surface area (Å²) < 4.78 is 23.6. The zero-order chi connectivity index (χ0) is 34.0. The van der Waals surface area contributed by atoms with E-state index in [1.807, 2.05) is 84.9 Å². The van der Waals surface area contributed by atoms with Crippen molar-refractivity contribution < 1.29 is 23.7 Å². The number of carbonyl (C=O) groups is 1. The minimum absolute atomic E-state index is 0.179. The molecular formula is C41H38N4O5. The molecule has 0 aliphatic carbocycles. The van der Waals surface area contributed by atoms with Gasteiger partial charge in [0.25, 0.3) is 5.88 Å². The molecule has 1 unspecified atom stereocenters. The molecule has 0 radical (unpaired) electrons. The number of ether oxygens (including phenoxy) is 4. The van der Waals surface area contributed by atoms with Crippen LogP contribution in [0.15, 0.2) is 116 Å². The number of carbonyl (C=O) groups excluding carboxylic acids is 1. The number of nitrogens with zero attached hydrogens (tertiary/aromatic N) is 4. The van der Waals surface area contributed by atoms with Crippen molar-refractivity contribution in [3.05, 3.63) is 155 Å². The lowest BCUT2D eigenvalue weighted by Crippen LogP contribution is -2.35.